The number of rotatable bonds is 8. The highest BCUT2D eigenvalue weighted by molar-refractivity contribution is 7.13. The van der Waals surface area contributed by atoms with E-state index in [2.05, 4.69) is 5.32 Å². The number of aliphatic hydroxyl groups is 1. The summed E-state index contributed by atoms with van der Waals surface area (Å²) < 4.78 is 0. The highest BCUT2D eigenvalue weighted by atomic mass is 32.1. The molecule has 0 spiro atoms. The van der Waals surface area contributed by atoms with Gasteiger partial charge in [-0.25, -0.2) is 0 Å². The van der Waals surface area contributed by atoms with Crippen molar-refractivity contribution in [2.24, 2.45) is 5.41 Å². The van der Waals surface area contributed by atoms with Gasteiger partial charge in [-0.05, 0) is 30.4 Å². The van der Waals surface area contributed by atoms with Crippen LogP contribution in [0.3, 0.4) is 0 Å². The molecule has 0 bridgehead atoms. The van der Waals surface area contributed by atoms with Gasteiger partial charge in [-0.1, -0.05) is 25.2 Å². The largest absolute Gasteiger partial charge is 0.396 e. The summed E-state index contributed by atoms with van der Waals surface area (Å²) in [6, 6.07) is 1.61. The van der Waals surface area contributed by atoms with Crippen molar-refractivity contribution in [2.45, 2.75) is 33.2 Å². The average Bonchev–Trinajstić information content (AvgIpc) is 2.77. The van der Waals surface area contributed by atoms with E-state index < -0.39 is 0 Å². The molecule has 1 heterocycles. The summed E-state index contributed by atoms with van der Waals surface area (Å²) >= 11 is 1.16. The van der Waals surface area contributed by atoms with Crippen molar-refractivity contribution in [3.63, 3.8) is 0 Å². The highest BCUT2D eigenvalue weighted by Crippen LogP contribution is 2.22. The molecule has 5 nitrogen and oxygen atoms in total. The quantitative estimate of drug-likeness (QED) is 0.433. The minimum Gasteiger partial charge on any atom is -0.396 e. The molecule has 0 amide bonds. The van der Waals surface area contributed by atoms with Crippen molar-refractivity contribution in [1.29, 1.82) is 0 Å². The van der Waals surface area contributed by atoms with Crippen molar-refractivity contribution in [1.82, 2.24) is 5.32 Å². The van der Waals surface area contributed by atoms with Crippen molar-refractivity contribution in [3.05, 3.63) is 27.1 Å². The Hall–Kier alpha value is -0.980. The molecule has 102 valence electrons. The maximum atomic E-state index is 10.5. The molecule has 1 aromatic heterocycles. The zero-order valence-corrected chi connectivity index (χ0v) is 11.6. The Morgan fingerprint density at radius 3 is 2.83 bits per heavy atom. The maximum Gasteiger partial charge on any atom is 0.324 e. The Bertz CT molecular complexity index is 390. The fourth-order valence-corrected chi connectivity index (χ4v) is 2.28. The second-order valence-corrected chi connectivity index (χ2v) is 6.04. The van der Waals surface area contributed by atoms with Crippen LogP contribution in [0, 0.1) is 15.5 Å². The van der Waals surface area contributed by atoms with E-state index in [0.29, 0.717) is 6.54 Å². The second-order valence-electron chi connectivity index (χ2n) is 5.15. The van der Waals surface area contributed by atoms with Crippen molar-refractivity contribution in [3.8, 4) is 0 Å². The number of nitrogens with zero attached hydrogens (tertiary/aromatic N) is 1. The van der Waals surface area contributed by atoms with Crippen molar-refractivity contribution < 1.29 is 10.0 Å². The van der Waals surface area contributed by atoms with Gasteiger partial charge in [-0.15, -0.1) is 0 Å². The molecule has 0 aliphatic rings. The predicted molar refractivity (Wildman–Crippen MR) is 72.8 cm³/mol. The Kier molecular flexibility index (Phi) is 5.71. The van der Waals surface area contributed by atoms with Crippen LogP contribution >= 0.6 is 11.3 Å². The first-order valence-corrected chi connectivity index (χ1v) is 6.86. The summed E-state index contributed by atoms with van der Waals surface area (Å²) in [5.74, 6) is 0. The molecule has 2 N–H and O–H groups in total. The Balaban J connectivity index is 2.20. The van der Waals surface area contributed by atoms with Gasteiger partial charge in [0.15, 0.2) is 0 Å². The smallest absolute Gasteiger partial charge is 0.324 e. The summed E-state index contributed by atoms with van der Waals surface area (Å²) in [5, 5.41) is 24.9. The molecule has 0 radical (unpaired) electrons. The summed E-state index contributed by atoms with van der Waals surface area (Å²) in [6.07, 6.45) is 1.94. The average molecular weight is 272 g/mol. The van der Waals surface area contributed by atoms with Crippen molar-refractivity contribution in [2.75, 3.05) is 13.2 Å². The van der Waals surface area contributed by atoms with Crippen LogP contribution in [-0.4, -0.2) is 23.2 Å². The van der Waals surface area contributed by atoms with Crippen molar-refractivity contribution >= 4 is 16.3 Å². The van der Waals surface area contributed by atoms with Crippen LogP contribution in [0.4, 0.5) is 5.00 Å². The molecule has 0 unspecified atom stereocenters. The molecule has 18 heavy (non-hydrogen) atoms. The third-order valence-electron chi connectivity index (χ3n) is 2.78. The molecule has 0 aliphatic carbocycles. The molecule has 1 aromatic rings. The molecule has 0 fully saturated rings. The van der Waals surface area contributed by atoms with E-state index in [1.807, 2.05) is 19.2 Å². The number of hydrogen-bond acceptors (Lipinski definition) is 5. The molecule has 1 rings (SSSR count). The fraction of sp³-hybridized carbons (Fsp3) is 0.667. The van der Waals surface area contributed by atoms with E-state index in [9.17, 15) is 10.1 Å². The molecular formula is C12H20N2O3S. The van der Waals surface area contributed by atoms with Crippen LogP contribution in [-0.2, 0) is 6.54 Å². The lowest BCUT2D eigenvalue weighted by Crippen LogP contribution is -2.20. The van der Waals surface area contributed by atoms with Gasteiger partial charge in [0, 0.05) is 24.6 Å². The normalized spacial score (nSPS) is 11.7. The van der Waals surface area contributed by atoms with E-state index in [1.54, 1.807) is 6.07 Å². The molecule has 0 aliphatic heterocycles. The first-order valence-electron chi connectivity index (χ1n) is 5.98. The van der Waals surface area contributed by atoms with E-state index in [1.165, 1.54) is 0 Å². The zero-order chi connectivity index (χ0) is 13.6. The van der Waals surface area contributed by atoms with Gasteiger partial charge in [-0.3, -0.25) is 10.1 Å². The molecule has 0 atom stereocenters. The predicted octanol–water partition coefficient (Wildman–Crippen LogP) is 2.54. The topological polar surface area (TPSA) is 75.4 Å². The fourth-order valence-electron chi connectivity index (χ4n) is 1.55. The highest BCUT2D eigenvalue weighted by Gasteiger charge is 2.15. The summed E-state index contributed by atoms with van der Waals surface area (Å²) in [4.78, 5) is 10.1. The van der Waals surface area contributed by atoms with E-state index in [0.717, 1.165) is 36.3 Å². The van der Waals surface area contributed by atoms with Crippen LogP contribution < -0.4 is 5.32 Å². The lowest BCUT2D eigenvalue weighted by Gasteiger charge is -2.21. The number of nitro groups is 1. The van der Waals surface area contributed by atoms with Gasteiger partial charge in [0.1, 0.15) is 0 Å². The van der Waals surface area contributed by atoms with Crippen LogP contribution in [0.15, 0.2) is 11.4 Å². The van der Waals surface area contributed by atoms with E-state index in [-0.39, 0.29) is 21.9 Å². The number of aliphatic hydroxyl groups excluding tert-OH is 1. The number of hydrogen-bond donors (Lipinski definition) is 2. The summed E-state index contributed by atoms with van der Waals surface area (Å²) in [5.41, 5.74) is 0.927. The van der Waals surface area contributed by atoms with Gasteiger partial charge >= 0.3 is 5.00 Å². The van der Waals surface area contributed by atoms with Crippen LogP contribution in [0.1, 0.15) is 32.3 Å². The molecular weight excluding hydrogens is 252 g/mol. The van der Waals surface area contributed by atoms with Gasteiger partial charge in [0.2, 0.25) is 0 Å². The third kappa shape index (κ3) is 5.12. The van der Waals surface area contributed by atoms with Gasteiger partial charge in [0.25, 0.3) is 0 Å². The minimum absolute atomic E-state index is 0.0250. The summed E-state index contributed by atoms with van der Waals surface area (Å²) in [7, 11) is 0. The molecule has 6 heteroatoms. The second kappa shape index (κ2) is 6.82. The Morgan fingerprint density at radius 2 is 2.28 bits per heavy atom. The zero-order valence-electron chi connectivity index (χ0n) is 10.8. The monoisotopic (exact) mass is 272 g/mol. The first kappa shape index (κ1) is 15.1. The third-order valence-corrected chi connectivity index (χ3v) is 3.71. The van der Waals surface area contributed by atoms with E-state index >= 15 is 0 Å². The lowest BCUT2D eigenvalue weighted by atomic mass is 9.89. The lowest BCUT2D eigenvalue weighted by molar-refractivity contribution is -0.380. The molecule has 0 aromatic carbocycles. The Morgan fingerprint density at radius 1 is 1.56 bits per heavy atom. The molecule has 0 saturated heterocycles. The standard InChI is InChI=1S/C12H20N2O3S/c1-12(2,9-15)4-3-5-13-7-10-6-11(14(16)17)18-8-10/h6,8,13,15H,3-5,7,9H2,1-2H3. The number of thiophene rings is 1. The van der Waals surface area contributed by atoms with Gasteiger partial charge < -0.3 is 10.4 Å². The van der Waals surface area contributed by atoms with Gasteiger partial charge in [-0.2, -0.15) is 0 Å². The minimum atomic E-state index is -0.363. The Labute approximate surface area is 111 Å². The maximum absolute atomic E-state index is 10.5. The van der Waals surface area contributed by atoms with E-state index in [4.69, 9.17) is 5.11 Å². The SMILES string of the molecule is CC(C)(CO)CCCNCc1csc([N+](=O)[O-])c1. The summed E-state index contributed by atoms with van der Waals surface area (Å²) in [6.45, 7) is 5.78. The first-order chi connectivity index (χ1) is 8.44. The van der Waals surface area contributed by atoms with Crippen LogP contribution in [0.2, 0.25) is 0 Å². The van der Waals surface area contributed by atoms with Crippen LogP contribution in [0.5, 0.6) is 0 Å². The number of nitrogens with one attached hydrogen (secondary N) is 1. The molecule has 0 saturated carbocycles. The van der Waals surface area contributed by atoms with Crippen LogP contribution in [0.25, 0.3) is 0 Å². The van der Waals surface area contributed by atoms with Gasteiger partial charge in [0.05, 0.1) is 4.92 Å².